The van der Waals surface area contributed by atoms with E-state index in [2.05, 4.69) is 4.74 Å². The monoisotopic (exact) mass is 209 g/mol. The molecule has 0 aliphatic carbocycles. The van der Waals surface area contributed by atoms with Crippen LogP contribution < -0.4 is 0 Å². The molecule has 0 N–H and O–H groups in total. The van der Waals surface area contributed by atoms with E-state index in [-0.39, 0.29) is 6.54 Å². The lowest BCUT2D eigenvalue weighted by molar-refractivity contribution is -0.148. The summed E-state index contributed by atoms with van der Waals surface area (Å²) in [5.74, 6) is -2.42. The summed E-state index contributed by atoms with van der Waals surface area (Å²) >= 11 is 0. The van der Waals surface area contributed by atoms with E-state index in [1.54, 1.807) is 0 Å². The molecule has 0 aliphatic rings. The van der Waals surface area contributed by atoms with E-state index in [9.17, 15) is 18.4 Å². The number of amides is 1. The van der Waals surface area contributed by atoms with Crippen molar-refractivity contribution in [3.05, 3.63) is 0 Å². The van der Waals surface area contributed by atoms with Gasteiger partial charge in [0.05, 0.1) is 13.0 Å². The number of esters is 1. The van der Waals surface area contributed by atoms with Gasteiger partial charge in [-0.15, -0.1) is 0 Å². The molecule has 4 nitrogen and oxygen atoms in total. The summed E-state index contributed by atoms with van der Waals surface area (Å²) in [4.78, 5) is 22.4. The van der Waals surface area contributed by atoms with E-state index in [1.807, 2.05) is 0 Å². The zero-order valence-corrected chi connectivity index (χ0v) is 8.29. The highest BCUT2D eigenvalue weighted by molar-refractivity contribution is 5.80. The summed E-state index contributed by atoms with van der Waals surface area (Å²) in [7, 11) is 2.42. The Labute approximate surface area is 80.8 Å². The number of alkyl halides is 2. The van der Waals surface area contributed by atoms with Gasteiger partial charge in [0.25, 0.3) is 5.91 Å². The van der Waals surface area contributed by atoms with Crippen LogP contribution in [0.2, 0.25) is 0 Å². The van der Waals surface area contributed by atoms with E-state index in [4.69, 9.17) is 0 Å². The van der Waals surface area contributed by atoms with Crippen LogP contribution in [0.15, 0.2) is 0 Å². The van der Waals surface area contributed by atoms with Crippen molar-refractivity contribution >= 4 is 11.9 Å². The third-order valence-electron chi connectivity index (χ3n) is 1.71. The lowest BCUT2D eigenvalue weighted by atomic mass is 10.2. The predicted molar refractivity (Wildman–Crippen MR) is 44.8 cm³/mol. The largest absolute Gasteiger partial charge is 0.469 e. The zero-order chi connectivity index (χ0) is 11.3. The first-order valence-electron chi connectivity index (χ1n) is 4.01. The number of ether oxygens (including phenoxy) is 1. The van der Waals surface area contributed by atoms with Crippen LogP contribution in [0, 0.1) is 5.92 Å². The van der Waals surface area contributed by atoms with Crippen molar-refractivity contribution in [2.45, 2.75) is 13.3 Å². The Hall–Kier alpha value is -1.20. The topological polar surface area (TPSA) is 46.6 Å². The van der Waals surface area contributed by atoms with Crippen LogP contribution in [0.1, 0.15) is 6.92 Å². The molecule has 0 fully saturated rings. The van der Waals surface area contributed by atoms with Gasteiger partial charge in [-0.1, -0.05) is 6.92 Å². The van der Waals surface area contributed by atoms with Crippen molar-refractivity contribution in [2.24, 2.45) is 5.92 Å². The van der Waals surface area contributed by atoms with Gasteiger partial charge >= 0.3 is 12.4 Å². The summed E-state index contributed by atoms with van der Waals surface area (Å²) in [6, 6.07) is 0. The molecule has 82 valence electrons. The second-order valence-corrected chi connectivity index (χ2v) is 2.94. The Morgan fingerprint density at radius 1 is 1.43 bits per heavy atom. The first-order chi connectivity index (χ1) is 6.40. The number of nitrogens with zero attached hydrogens (tertiary/aromatic N) is 1. The molecular formula is C8H13F2NO3. The van der Waals surface area contributed by atoms with Crippen LogP contribution in [0.5, 0.6) is 0 Å². The normalized spacial score (nSPS) is 12.4. The second kappa shape index (κ2) is 5.51. The van der Waals surface area contributed by atoms with Crippen LogP contribution in [0.4, 0.5) is 8.78 Å². The van der Waals surface area contributed by atoms with Gasteiger partial charge < -0.3 is 9.64 Å². The summed E-state index contributed by atoms with van der Waals surface area (Å²) in [6.07, 6.45) is -3.04. The molecular weight excluding hydrogens is 196 g/mol. The first-order valence-corrected chi connectivity index (χ1v) is 4.01. The number of carbonyl (C=O) groups excluding carboxylic acids is 2. The first kappa shape index (κ1) is 12.8. The van der Waals surface area contributed by atoms with Crippen LogP contribution in [0.3, 0.4) is 0 Å². The summed E-state index contributed by atoms with van der Waals surface area (Å²) in [5.41, 5.74) is 0. The maximum atomic E-state index is 11.9. The van der Waals surface area contributed by atoms with Crippen molar-refractivity contribution in [1.82, 2.24) is 4.90 Å². The van der Waals surface area contributed by atoms with E-state index < -0.39 is 24.2 Å². The third kappa shape index (κ3) is 3.68. The standard InChI is InChI=1S/C8H13F2NO3/c1-5(8(13)14-3)4-11(2)7(12)6(9)10/h5-6H,4H2,1-3H3. The molecule has 0 saturated heterocycles. The fourth-order valence-electron chi connectivity index (χ4n) is 0.943. The summed E-state index contributed by atoms with van der Waals surface area (Å²) < 4.78 is 28.2. The number of hydrogen-bond acceptors (Lipinski definition) is 3. The molecule has 14 heavy (non-hydrogen) atoms. The summed E-state index contributed by atoms with van der Waals surface area (Å²) in [6.45, 7) is 1.43. The van der Waals surface area contributed by atoms with Crippen molar-refractivity contribution in [3.63, 3.8) is 0 Å². The minimum absolute atomic E-state index is 0.0736. The number of rotatable bonds is 4. The SMILES string of the molecule is COC(=O)C(C)CN(C)C(=O)C(F)F. The van der Waals surface area contributed by atoms with Gasteiger partial charge in [-0.3, -0.25) is 9.59 Å². The molecule has 0 aromatic carbocycles. The third-order valence-corrected chi connectivity index (χ3v) is 1.71. The Bertz CT molecular complexity index is 221. The van der Waals surface area contributed by atoms with Crippen molar-refractivity contribution in [1.29, 1.82) is 0 Å². The highest BCUT2D eigenvalue weighted by atomic mass is 19.3. The van der Waals surface area contributed by atoms with Gasteiger partial charge in [-0.25, -0.2) is 0 Å². The van der Waals surface area contributed by atoms with Gasteiger partial charge in [0.2, 0.25) is 0 Å². The van der Waals surface area contributed by atoms with E-state index >= 15 is 0 Å². The van der Waals surface area contributed by atoms with E-state index in [0.29, 0.717) is 0 Å². The molecule has 0 aromatic heterocycles. The average molecular weight is 209 g/mol. The predicted octanol–water partition coefficient (Wildman–Crippen LogP) is 0.519. The molecule has 0 spiro atoms. The number of methoxy groups -OCH3 is 1. The molecule has 0 aliphatic heterocycles. The molecule has 1 atom stereocenters. The quantitative estimate of drug-likeness (QED) is 0.634. The fraction of sp³-hybridized carbons (Fsp3) is 0.750. The molecule has 1 unspecified atom stereocenters. The van der Waals surface area contributed by atoms with Gasteiger partial charge in [-0.2, -0.15) is 8.78 Å². The molecule has 6 heteroatoms. The smallest absolute Gasteiger partial charge is 0.315 e. The summed E-state index contributed by atoms with van der Waals surface area (Å²) in [5, 5.41) is 0. The molecule has 0 saturated carbocycles. The van der Waals surface area contributed by atoms with Crippen LogP contribution >= 0.6 is 0 Å². The maximum Gasteiger partial charge on any atom is 0.315 e. The molecule has 0 bridgehead atoms. The average Bonchev–Trinajstić information content (AvgIpc) is 2.14. The van der Waals surface area contributed by atoms with Crippen molar-refractivity contribution < 1.29 is 23.1 Å². The Morgan fingerprint density at radius 2 is 1.93 bits per heavy atom. The number of carbonyl (C=O) groups is 2. The Morgan fingerprint density at radius 3 is 2.29 bits per heavy atom. The highest BCUT2D eigenvalue weighted by Gasteiger charge is 2.24. The maximum absolute atomic E-state index is 11.9. The van der Waals surface area contributed by atoms with Crippen LogP contribution in [-0.4, -0.2) is 43.9 Å². The van der Waals surface area contributed by atoms with Crippen LogP contribution in [-0.2, 0) is 14.3 Å². The minimum atomic E-state index is -3.04. The Kier molecular flexibility index (Phi) is 5.04. The van der Waals surface area contributed by atoms with Crippen molar-refractivity contribution in [3.8, 4) is 0 Å². The molecule has 0 heterocycles. The van der Waals surface area contributed by atoms with E-state index in [1.165, 1.54) is 21.1 Å². The van der Waals surface area contributed by atoms with Gasteiger partial charge in [0, 0.05) is 13.6 Å². The van der Waals surface area contributed by atoms with Gasteiger partial charge in [0.1, 0.15) is 0 Å². The molecule has 0 rings (SSSR count). The van der Waals surface area contributed by atoms with Gasteiger partial charge in [-0.05, 0) is 0 Å². The lowest BCUT2D eigenvalue weighted by Crippen LogP contribution is -2.37. The van der Waals surface area contributed by atoms with E-state index in [0.717, 1.165) is 4.90 Å². The zero-order valence-electron chi connectivity index (χ0n) is 8.29. The minimum Gasteiger partial charge on any atom is -0.469 e. The number of hydrogen-bond donors (Lipinski definition) is 0. The highest BCUT2D eigenvalue weighted by Crippen LogP contribution is 2.04. The second-order valence-electron chi connectivity index (χ2n) is 2.94. The lowest BCUT2D eigenvalue weighted by Gasteiger charge is -2.19. The molecule has 0 radical (unpaired) electrons. The Balaban J connectivity index is 4.12. The van der Waals surface area contributed by atoms with Crippen molar-refractivity contribution in [2.75, 3.05) is 20.7 Å². The molecule has 1 amide bonds. The van der Waals surface area contributed by atoms with Gasteiger partial charge in [0.15, 0.2) is 0 Å². The van der Waals surface area contributed by atoms with Crippen LogP contribution in [0.25, 0.3) is 0 Å². The number of halogens is 2. The fourth-order valence-corrected chi connectivity index (χ4v) is 0.943. The molecule has 0 aromatic rings.